The summed E-state index contributed by atoms with van der Waals surface area (Å²) in [6, 6.07) is 1.73. The molecule has 3 heteroatoms. The third-order valence-corrected chi connectivity index (χ3v) is 2.42. The SMILES string of the molecule is Cc1cc(CO)c(C)c(Cl)c1O. The summed E-state index contributed by atoms with van der Waals surface area (Å²) in [5, 5.41) is 18.6. The van der Waals surface area contributed by atoms with Crippen LogP contribution in [0.15, 0.2) is 6.07 Å². The fourth-order valence-electron chi connectivity index (χ4n) is 1.09. The Balaban J connectivity index is 3.39. The lowest BCUT2D eigenvalue weighted by Gasteiger charge is -2.08. The van der Waals surface area contributed by atoms with E-state index in [2.05, 4.69) is 0 Å². The zero-order valence-corrected chi connectivity index (χ0v) is 7.81. The monoisotopic (exact) mass is 186 g/mol. The zero-order valence-electron chi connectivity index (χ0n) is 7.06. The summed E-state index contributed by atoms with van der Waals surface area (Å²) in [4.78, 5) is 0. The molecule has 0 bridgehead atoms. The lowest BCUT2D eigenvalue weighted by molar-refractivity contribution is 0.281. The maximum Gasteiger partial charge on any atom is 0.137 e. The predicted octanol–water partition coefficient (Wildman–Crippen LogP) is 2.15. The molecule has 0 aliphatic rings. The maximum atomic E-state index is 9.39. The molecule has 1 aromatic carbocycles. The Morgan fingerprint density at radius 3 is 2.50 bits per heavy atom. The van der Waals surface area contributed by atoms with E-state index in [1.165, 1.54) is 0 Å². The van der Waals surface area contributed by atoms with Gasteiger partial charge in [-0.3, -0.25) is 0 Å². The second-order valence-electron chi connectivity index (χ2n) is 2.80. The molecule has 0 fully saturated rings. The van der Waals surface area contributed by atoms with Crippen LogP contribution in [0, 0.1) is 13.8 Å². The highest BCUT2D eigenvalue weighted by atomic mass is 35.5. The van der Waals surface area contributed by atoms with E-state index in [1.54, 1.807) is 19.9 Å². The highest BCUT2D eigenvalue weighted by molar-refractivity contribution is 6.33. The number of hydrogen-bond acceptors (Lipinski definition) is 2. The van der Waals surface area contributed by atoms with Gasteiger partial charge in [0.15, 0.2) is 0 Å². The van der Waals surface area contributed by atoms with Crippen molar-refractivity contribution in [3.63, 3.8) is 0 Å². The summed E-state index contributed by atoms with van der Waals surface area (Å²) in [6.45, 7) is 3.47. The van der Waals surface area contributed by atoms with Gasteiger partial charge in [-0.05, 0) is 36.6 Å². The van der Waals surface area contributed by atoms with Crippen molar-refractivity contribution in [3.05, 3.63) is 27.8 Å². The lowest BCUT2D eigenvalue weighted by Crippen LogP contribution is -1.91. The molecule has 0 aliphatic heterocycles. The van der Waals surface area contributed by atoms with Gasteiger partial charge in [-0.25, -0.2) is 0 Å². The lowest BCUT2D eigenvalue weighted by atomic mass is 10.1. The minimum absolute atomic E-state index is 0.0489. The Labute approximate surface area is 76.4 Å². The average molecular weight is 187 g/mol. The van der Waals surface area contributed by atoms with Gasteiger partial charge < -0.3 is 10.2 Å². The summed E-state index contributed by atoms with van der Waals surface area (Å²) in [6.07, 6.45) is 0. The number of benzene rings is 1. The summed E-state index contributed by atoms with van der Waals surface area (Å²) in [5.74, 6) is 0.103. The molecule has 12 heavy (non-hydrogen) atoms. The van der Waals surface area contributed by atoms with E-state index in [9.17, 15) is 5.11 Å². The number of rotatable bonds is 1. The van der Waals surface area contributed by atoms with Crippen LogP contribution in [-0.2, 0) is 6.61 Å². The highest BCUT2D eigenvalue weighted by Gasteiger charge is 2.09. The Morgan fingerprint density at radius 1 is 1.42 bits per heavy atom. The minimum atomic E-state index is -0.0489. The van der Waals surface area contributed by atoms with Gasteiger partial charge >= 0.3 is 0 Å². The molecule has 0 aliphatic carbocycles. The smallest absolute Gasteiger partial charge is 0.137 e. The first kappa shape index (κ1) is 9.36. The zero-order chi connectivity index (χ0) is 9.30. The molecule has 0 heterocycles. The van der Waals surface area contributed by atoms with Crippen LogP contribution in [0.1, 0.15) is 16.7 Å². The molecule has 0 amide bonds. The van der Waals surface area contributed by atoms with Crippen LogP contribution in [0.4, 0.5) is 0 Å². The van der Waals surface area contributed by atoms with E-state index in [1.807, 2.05) is 0 Å². The summed E-state index contributed by atoms with van der Waals surface area (Å²) >= 11 is 5.81. The predicted molar refractivity (Wildman–Crippen MR) is 48.5 cm³/mol. The Kier molecular flexibility index (Phi) is 2.60. The van der Waals surface area contributed by atoms with Crippen molar-refractivity contribution in [1.29, 1.82) is 0 Å². The number of phenols is 1. The summed E-state index contributed by atoms with van der Waals surface area (Å²) < 4.78 is 0. The molecule has 0 unspecified atom stereocenters. The second kappa shape index (κ2) is 3.33. The molecular formula is C9H11ClO2. The molecule has 0 radical (unpaired) electrons. The number of halogens is 1. The molecule has 0 atom stereocenters. The molecule has 1 aromatic rings. The maximum absolute atomic E-state index is 9.39. The number of aromatic hydroxyl groups is 1. The van der Waals surface area contributed by atoms with Gasteiger partial charge in [0.05, 0.1) is 11.6 Å². The first-order chi connectivity index (χ1) is 5.57. The van der Waals surface area contributed by atoms with Crippen molar-refractivity contribution >= 4 is 11.6 Å². The van der Waals surface area contributed by atoms with E-state index in [-0.39, 0.29) is 12.4 Å². The average Bonchev–Trinajstić information content (AvgIpc) is 2.08. The van der Waals surface area contributed by atoms with E-state index in [4.69, 9.17) is 16.7 Å². The molecule has 0 saturated carbocycles. The summed E-state index contributed by atoms with van der Waals surface area (Å²) in [5.41, 5.74) is 2.19. The second-order valence-corrected chi connectivity index (χ2v) is 3.18. The number of hydrogen-bond donors (Lipinski definition) is 2. The molecular weight excluding hydrogens is 176 g/mol. The van der Waals surface area contributed by atoms with Gasteiger partial charge in [0, 0.05) is 0 Å². The molecule has 2 N–H and O–H groups in total. The minimum Gasteiger partial charge on any atom is -0.506 e. The van der Waals surface area contributed by atoms with E-state index < -0.39 is 0 Å². The van der Waals surface area contributed by atoms with Crippen LogP contribution in [0.2, 0.25) is 5.02 Å². The van der Waals surface area contributed by atoms with Gasteiger partial charge in [-0.1, -0.05) is 11.6 Å². The van der Waals surface area contributed by atoms with Crippen LogP contribution in [0.25, 0.3) is 0 Å². The molecule has 0 saturated heterocycles. The van der Waals surface area contributed by atoms with Crippen molar-refractivity contribution in [2.75, 3.05) is 0 Å². The highest BCUT2D eigenvalue weighted by Crippen LogP contribution is 2.32. The van der Waals surface area contributed by atoms with Gasteiger partial charge in [-0.15, -0.1) is 0 Å². The van der Waals surface area contributed by atoms with Gasteiger partial charge in [0.1, 0.15) is 5.75 Å². The van der Waals surface area contributed by atoms with Crippen LogP contribution in [0.3, 0.4) is 0 Å². The van der Waals surface area contributed by atoms with Crippen LogP contribution in [0.5, 0.6) is 5.75 Å². The number of phenolic OH excluding ortho intramolecular Hbond substituents is 1. The van der Waals surface area contributed by atoms with Crippen molar-refractivity contribution in [2.24, 2.45) is 0 Å². The normalized spacial score (nSPS) is 10.3. The topological polar surface area (TPSA) is 40.5 Å². The van der Waals surface area contributed by atoms with E-state index in [0.29, 0.717) is 10.6 Å². The summed E-state index contributed by atoms with van der Waals surface area (Å²) in [7, 11) is 0. The quantitative estimate of drug-likeness (QED) is 0.706. The van der Waals surface area contributed by atoms with Crippen LogP contribution in [-0.4, -0.2) is 10.2 Å². The standard InChI is InChI=1S/C9H11ClO2/c1-5-3-7(4-11)6(2)8(10)9(5)12/h3,11-12H,4H2,1-2H3. The number of aryl methyl sites for hydroxylation is 1. The molecule has 66 valence electrons. The third-order valence-electron chi connectivity index (χ3n) is 1.95. The molecule has 0 spiro atoms. The van der Waals surface area contributed by atoms with Gasteiger partial charge in [0.25, 0.3) is 0 Å². The van der Waals surface area contributed by atoms with E-state index in [0.717, 1.165) is 11.1 Å². The fourth-order valence-corrected chi connectivity index (χ4v) is 1.36. The van der Waals surface area contributed by atoms with Crippen LogP contribution >= 0.6 is 11.6 Å². The fraction of sp³-hybridized carbons (Fsp3) is 0.333. The van der Waals surface area contributed by atoms with Crippen molar-refractivity contribution in [3.8, 4) is 5.75 Å². The molecule has 0 aromatic heterocycles. The van der Waals surface area contributed by atoms with Gasteiger partial charge in [-0.2, -0.15) is 0 Å². The number of aliphatic hydroxyl groups is 1. The largest absolute Gasteiger partial charge is 0.506 e. The third kappa shape index (κ3) is 1.40. The van der Waals surface area contributed by atoms with Crippen molar-refractivity contribution in [1.82, 2.24) is 0 Å². The van der Waals surface area contributed by atoms with Crippen molar-refractivity contribution in [2.45, 2.75) is 20.5 Å². The van der Waals surface area contributed by atoms with E-state index >= 15 is 0 Å². The Morgan fingerprint density at radius 2 is 2.00 bits per heavy atom. The number of aliphatic hydroxyl groups excluding tert-OH is 1. The first-order valence-electron chi connectivity index (χ1n) is 3.66. The van der Waals surface area contributed by atoms with Crippen molar-refractivity contribution < 1.29 is 10.2 Å². The first-order valence-corrected chi connectivity index (χ1v) is 4.04. The Bertz CT molecular complexity index is 308. The molecule has 1 rings (SSSR count). The Hall–Kier alpha value is -0.730. The molecule has 2 nitrogen and oxygen atoms in total. The van der Waals surface area contributed by atoms with Crippen LogP contribution < -0.4 is 0 Å². The van der Waals surface area contributed by atoms with Gasteiger partial charge in [0.2, 0.25) is 0 Å².